The summed E-state index contributed by atoms with van der Waals surface area (Å²) < 4.78 is 22.9. The van der Waals surface area contributed by atoms with Crippen LogP contribution in [0.15, 0.2) is 134 Å². The maximum Gasteiger partial charge on any atom is 0.306 e. The van der Waals surface area contributed by atoms with E-state index < -0.39 is 43.4 Å². The van der Waals surface area contributed by atoms with Gasteiger partial charge in [-0.1, -0.05) is 212 Å². The van der Waals surface area contributed by atoms with Crippen LogP contribution in [0.1, 0.15) is 194 Å². The van der Waals surface area contributed by atoms with Gasteiger partial charge in [-0.05, 0) is 109 Å². The van der Waals surface area contributed by atoms with Gasteiger partial charge in [-0.25, -0.2) is 0 Å². The van der Waals surface area contributed by atoms with Crippen molar-refractivity contribution < 1.29 is 44.2 Å². The van der Waals surface area contributed by atoms with Gasteiger partial charge in [-0.2, -0.15) is 0 Å². The fraction of sp³-hybridized carbons (Fsp3) is 0.635. The lowest BCUT2D eigenvalue weighted by Gasteiger charge is -2.39. The first-order chi connectivity index (χ1) is 35.4. The molecule has 0 aromatic carbocycles. The summed E-state index contributed by atoms with van der Waals surface area (Å²) in [6, 6.07) is 0. The van der Waals surface area contributed by atoms with Gasteiger partial charge < -0.3 is 39.4 Å². The highest BCUT2D eigenvalue weighted by molar-refractivity contribution is 5.69. The van der Waals surface area contributed by atoms with Gasteiger partial charge in [0.25, 0.3) is 0 Å². The van der Waals surface area contributed by atoms with Crippen molar-refractivity contribution in [3.8, 4) is 0 Å². The summed E-state index contributed by atoms with van der Waals surface area (Å²) in [4.78, 5) is 12.9. The Balaban J connectivity index is 2.21. The number of allylic oxidation sites excluding steroid dienone is 22. The predicted octanol–water partition coefficient (Wildman–Crippen LogP) is 14.8. The molecule has 9 heteroatoms. The van der Waals surface area contributed by atoms with Gasteiger partial charge in [-0.3, -0.25) is 4.79 Å². The van der Waals surface area contributed by atoms with Crippen LogP contribution in [-0.4, -0.2) is 89.6 Å². The van der Waals surface area contributed by atoms with Crippen molar-refractivity contribution in [3.05, 3.63) is 134 Å². The molecular formula is C63H102O9. The Bertz CT molecular complexity index is 1560. The lowest BCUT2D eigenvalue weighted by atomic mass is 9.99. The number of ether oxygens (including phenoxy) is 4. The highest BCUT2D eigenvalue weighted by atomic mass is 16.7. The number of aliphatic hydroxyl groups excluding tert-OH is 4. The fourth-order valence-corrected chi connectivity index (χ4v) is 7.76. The zero-order chi connectivity index (χ0) is 52.1. The van der Waals surface area contributed by atoms with Gasteiger partial charge >= 0.3 is 5.97 Å². The Hall–Kier alpha value is -3.67. The minimum Gasteiger partial charge on any atom is -0.457 e. The van der Waals surface area contributed by atoms with Gasteiger partial charge in [0, 0.05) is 13.0 Å². The van der Waals surface area contributed by atoms with Gasteiger partial charge in [0.2, 0.25) is 0 Å². The molecule has 1 aliphatic rings. The van der Waals surface area contributed by atoms with E-state index >= 15 is 0 Å². The molecule has 0 aromatic rings. The third-order valence-electron chi connectivity index (χ3n) is 12.1. The number of esters is 1. The highest BCUT2D eigenvalue weighted by Crippen LogP contribution is 2.23. The Morgan fingerprint density at radius 1 is 0.444 bits per heavy atom. The first-order valence-corrected chi connectivity index (χ1v) is 28.3. The van der Waals surface area contributed by atoms with Crippen LogP contribution >= 0.6 is 0 Å². The molecule has 0 aliphatic carbocycles. The number of unbranched alkanes of at least 4 members (excludes halogenated alkanes) is 14. The standard InChI is InChI=1S/C63H102O9/c1-3-5-7-9-11-13-15-17-19-21-23-25-27-28-29-31-33-35-37-39-41-43-45-47-49-51-53-69-55-57(56-70-63-62(68)61(67)60(66)58(54-64)72-63)71-59(65)52-50-48-46-44-42-40-38-36-34-32-30-26-24-22-20-18-16-14-12-10-8-6-4-2/h5-8,11-14,17-20,23-26,28-29,32-35,57-58,60-64,66-68H,3-4,9-10,15-16,21-22,27,30-31,36-56H2,1-2H3/b7-5-,8-6-,13-11-,14-12-,19-17-,20-18-,25-23-,26-24-,29-28-,34-32-,35-33-. The number of hydrogen-bond donors (Lipinski definition) is 4. The SMILES string of the molecule is CC/C=C\C/C=C\C/C=C\C/C=C\C/C=C\C/C=C\CCCCCCCCCOCC(COC1OC(CO)C(O)C(O)C1O)OC(=O)CCCCCCCCC/C=C\C/C=C\C/C=C\C/C=C\C/C=C\CC. The number of rotatable bonds is 47. The van der Waals surface area contributed by atoms with Gasteiger partial charge in [0.15, 0.2) is 6.29 Å². The molecule has 6 atom stereocenters. The van der Waals surface area contributed by atoms with Crippen LogP contribution in [0.2, 0.25) is 0 Å². The fourth-order valence-electron chi connectivity index (χ4n) is 7.76. The minimum atomic E-state index is -1.55. The first kappa shape index (κ1) is 66.3. The Morgan fingerprint density at radius 3 is 1.21 bits per heavy atom. The van der Waals surface area contributed by atoms with E-state index in [0.717, 1.165) is 128 Å². The topological polar surface area (TPSA) is 135 Å². The first-order valence-electron chi connectivity index (χ1n) is 28.3. The molecule has 408 valence electrons. The Morgan fingerprint density at radius 2 is 0.806 bits per heavy atom. The van der Waals surface area contributed by atoms with E-state index in [-0.39, 0.29) is 19.2 Å². The summed E-state index contributed by atoms with van der Waals surface area (Å²) in [6.07, 6.45) is 70.5. The molecule has 0 spiro atoms. The monoisotopic (exact) mass is 1000 g/mol. The third-order valence-corrected chi connectivity index (χ3v) is 12.1. The molecule has 1 saturated heterocycles. The van der Waals surface area contributed by atoms with E-state index in [2.05, 4.69) is 148 Å². The van der Waals surface area contributed by atoms with Crippen molar-refractivity contribution in [1.29, 1.82) is 0 Å². The zero-order valence-corrected chi connectivity index (χ0v) is 45.1. The third kappa shape index (κ3) is 41.8. The molecule has 9 nitrogen and oxygen atoms in total. The van der Waals surface area contributed by atoms with Crippen LogP contribution in [0.3, 0.4) is 0 Å². The van der Waals surface area contributed by atoms with E-state index in [1.165, 1.54) is 44.9 Å². The summed E-state index contributed by atoms with van der Waals surface area (Å²) in [5.41, 5.74) is 0. The normalized spacial score (nSPS) is 19.8. The van der Waals surface area contributed by atoms with E-state index in [1.807, 2.05) is 0 Å². The van der Waals surface area contributed by atoms with E-state index in [9.17, 15) is 25.2 Å². The summed E-state index contributed by atoms with van der Waals surface area (Å²) in [6.45, 7) is 4.27. The van der Waals surface area contributed by atoms with Gasteiger partial charge in [0.1, 0.15) is 30.5 Å². The molecule has 1 heterocycles. The van der Waals surface area contributed by atoms with Crippen LogP contribution in [0.25, 0.3) is 0 Å². The van der Waals surface area contributed by atoms with E-state index in [0.29, 0.717) is 13.0 Å². The average Bonchev–Trinajstić information content (AvgIpc) is 3.38. The quantitative estimate of drug-likeness (QED) is 0.0267. The smallest absolute Gasteiger partial charge is 0.306 e. The van der Waals surface area contributed by atoms with E-state index in [4.69, 9.17) is 18.9 Å². The molecule has 0 amide bonds. The number of hydrogen-bond acceptors (Lipinski definition) is 9. The van der Waals surface area contributed by atoms with Crippen LogP contribution in [0, 0.1) is 0 Å². The molecular weight excluding hydrogens is 901 g/mol. The lowest BCUT2D eigenvalue weighted by Crippen LogP contribution is -2.59. The summed E-state index contributed by atoms with van der Waals surface area (Å²) in [5.74, 6) is -0.334. The van der Waals surface area contributed by atoms with Crippen molar-refractivity contribution in [1.82, 2.24) is 0 Å². The molecule has 1 aliphatic heterocycles. The Labute approximate surface area is 439 Å². The minimum absolute atomic E-state index is 0.122. The molecule has 0 bridgehead atoms. The van der Waals surface area contributed by atoms with Crippen molar-refractivity contribution >= 4 is 5.97 Å². The van der Waals surface area contributed by atoms with Crippen molar-refractivity contribution in [2.45, 2.75) is 230 Å². The number of carbonyl (C=O) groups excluding carboxylic acids is 1. The largest absolute Gasteiger partial charge is 0.457 e. The predicted molar refractivity (Wildman–Crippen MR) is 302 cm³/mol. The molecule has 72 heavy (non-hydrogen) atoms. The summed E-state index contributed by atoms with van der Waals surface area (Å²) in [7, 11) is 0. The van der Waals surface area contributed by atoms with Crippen LogP contribution in [-0.2, 0) is 23.7 Å². The molecule has 1 rings (SSSR count). The van der Waals surface area contributed by atoms with E-state index in [1.54, 1.807) is 0 Å². The molecule has 1 fully saturated rings. The maximum absolute atomic E-state index is 12.9. The number of aliphatic hydroxyl groups is 4. The van der Waals surface area contributed by atoms with Crippen molar-refractivity contribution in [2.75, 3.05) is 26.4 Å². The lowest BCUT2D eigenvalue weighted by molar-refractivity contribution is -0.305. The second-order valence-corrected chi connectivity index (χ2v) is 18.6. The van der Waals surface area contributed by atoms with Crippen molar-refractivity contribution in [3.63, 3.8) is 0 Å². The number of carbonyl (C=O) groups is 1. The van der Waals surface area contributed by atoms with Crippen LogP contribution in [0.4, 0.5) is 0 Å². The van der Waals surface area contributed by atoms with Crippen LogP contribution in [0.5, 0.6) is 0 Å². The maximum atomic E-state index is 12.9. The molecule has 6 unspecified atom stereocenters. The average molecular weight is 1000 g/mol. The summed E-state index contributed by atoms with van der Waals surface area (Å²) in [5, 5.41) is 40.4. The zero-order valence-electron chi connectivity index (χ0n) is 45.1. The molecule has 0 aromatic heterocycles. The molecule has 0 radical (unpaired) electrons. The molecule has 4 N–H and O–H groups in total. The highest BCUT2D eigenvalue weighted by Gasteiger charge is 2.44. The Kier molecular flexibility index (Phi) is 48.1. The molecule has 0 saturated carbocycles. The van der Waals surface area contributed by atoms with Gasteiger partial charge in [-0.15, -0.1) is 0 Å². The van der Waals surface area contributed by atoms with Crippen molar-refractivity contribution in [2.24, 2.45) is 0 Å². The van der Waals surface area contributed by atoms with Crippen LogP contribution < -0.4 is 0 Å². The second-order valence-electron chi connectivity index (χ2n) is 18.6. The van der Waals surface area contributed by atoms with Gasteiger partial charge in [0.05, 0.1) is 19.8 Å². The summed E-state index contributed by atoms with van der Waals surface area (Å²) >= 11 is 0. The second kappa shape index (κ2) is 52.2.